The summed E-state index contributed by atoms with van der Waals surface area (Å²) in [6.07, 6.45) is 5.99. The molecular weight excluding hydrogens is 275 g/mol. The molecule has 0 aromatic carbocycles. The van der Waals surface area contributed by atoms with Gasteiger partial charge < -0.3 is 9.47 Å². The highest BCUT2D eigenvalue weighted by molar-refractivity contribution is 6.38. The van der Waals surface area contributed by atoms with Gasteiger partial charge in [0.1, 0.15) is 0 Å². The lowest BCUT2D eigenvalue weighted by molar-refractivity contribution is -0.160. The molecule has 0 spiro atoms. The van der Waals surface area contributed by atoms with E-state index in [0.29, 0.717) is 19.4 Å². The summed E-state index contributed by atoms with van der Waals surface area (Å²) in [6, 6.07) is 0. The Labute approximate surface area is 124 Å². The molecule has 20 heavy (non-hydrogen) atoms. The van der Waals surface area contributed by atoms with Crippen LogP contribution in [0.1, 0.15) is 51.9 Å². The highest BCUT2D eigenvalue weighted by Crippen LogP contribution is 2.35. The molecule has 3 nitrogen and oxygen atoms in total. The van der Waals surface area contributed by atoms with Crippen LogP contribution in [0.3, 0.4) is 0 Å². The number of hydrogen-bond acceptors (Lipinski definition) is 3. The average Bonchev–Trinajstić information content (AvgIpc) is 2.49. The van der Waals surface area contributed by atoms with Crippen LogP contribution in [0.2, 0.25) is 6.55 Å². The third-order valence-corrected chi connectivity index (χ3v) is 6.52. The highest BCUT2D eigenvalue weighted by Gasteiger charge is 2.44. The van der Waals surface area contributed by atoms with E-state index in [-0.39, 0.29) is 23.8 Å². The minimum absolute atomic E-state index is 0.164. The maximum atomic E-state index is 12.5. The fourth-order valence-electron chi connectivity index (χ4n) is 2.97. The van der Waals surface area contributed by atoms with Crippen LogP contribution in [-0.2, 0) is 14.3 Å². The molecule has 1 heterocycles. The predicted octanol–water partition coefficient (Wildman–Crippen LogP) is 2.81. The van der Waals surface area contributed by atoms with Crippen LogP contribution in [0.4, 0.5) is 4.39 Å². The first-order valence-corrected chi connectivity index (χ1v) is 10.2. The standard InChI is InChI=1S/C15H29FO3Si/c1-3-4-11-18-14(17)13(8-7-10-16)15(20-2)9-5-6-12-19-15/h13H,3-12,20H2,1-2H3. The molecule has 1 rings (SSSR count). The Hall–Kier alpha value is -0.423. The maximum Gasteiger partial charge on any atom is 0.311 e. The van der Waals surface area contributed by atoms with Crippen molar-refractivity contribution in [1.29, 1.82) is 0 Å². The van der Waals surface area contributed by atoms with Gasteiger partial charge in [-0.15, -0.1) is 0 Å². The molecule has 0 saturated carbocycles. The summed E-state index contributed by atoms with van der Waals surface area (Å²) in [5.41, 5.74) is 0. The van der Waals surface area contributed by atoms with Gasteiger partial charge in [0, 0.05) is 6.61 Å². The van der Waals surface area contributed by atoms with Crippen LogP contribution >= 0.6 is 0 Å². The van der Waals surface area contributed by atoms with Crippen LogP contribution in [0.5, 0.6) is 0 Å². The number of unbranched alkanes of at least 4 members (excludes halogenated alkanes) is 1. The molecule has 0 aromatic heterocycles. The van der Waals surface area contributed by atoms with Gasteiger partial charge in [-0.1, -0.05) is 19.9 Å². The van der Waals surface area contributed by atoms with Crippen molar-refractivity contribution in [2.24, 2.45) is 5.92 Å². The average molecular weight is 304 g/mol. The van der Waals surface area contributed by atoms with Crippen LogP contribution < -0.4 is 0 Å². The van der Waals surface area contributed by atoms with Crippen LogP contribution in [0.25, 0.3) is 0 Å². The largest absolute Gasteiger partial charge is 0.465 e. The second kappa shape index (κ2) is 9.50. The third-order valence-electron chi connectivity index (χ3n) is 4.27. The van der Waals surface area contributed by atoms with Gasteiger partial charge in [0.15, 0.2) is 0 Å². The quantitative estimate of drug-likeness (QED) is 0.373. The number of hydrogen-bond donors (Lipinski definition) is 0. The zero-order valence-corrected chi connectivity index (χ0v) is 14.4. The van der Waals surface area contributed by atoms with Gasteiger partial charge in [0.25, 0.3) is 0 Å². The zero-order valence-electron chi connectivity index (χ0n) is 13.0. The van der Waals surface area contributed by atoms with Crippen molar-refractivity contribution >= 4 is 15.5 Å². The van der Waals surface area contributed by atoms with Crippen molar-refractivity contribution in [2.75, 3.05) is 19.9 Å². The maximum absolute atomic E-state index is 12.5. The van der Waals surface area contributed by atoms with Crippen LogP contribution in [-0.4, -0.2) is 40.6 Å². The number of esters is 1. The molecule has 2 unspecified atom stereocenters. The number of rotatable bonds is 9. The van der Waals surface area contributed by atoms with E-state index in [1.54, 1.807) is 0 Å². The van der Waals surface area contributed by atoms with Gasteiger partial charge in [-0.25, -0.2) is 0 Å². The Balaban J connectivity index is 2.71. The van der Waals surface area contributed by atoms with E-state index in [0.717, 1.165) is 38.7 Å². The second-order valence-corrected chi connectivity index (χ2v) is 7.53. The normalized spacial score (nSPS) is 24.9. The summed E-state index contributed by atoms with van der Waals surface area (Å²) in [5.74, 6) is -0.421. The molecule has 0 amide bonds. The topological polar surface area (TPSA) is 35.5 Å². The summed E-state index contributed by atoms with van der Waals surface area (Å²) in [6.45, 7) is 5.09. The van der Waals surface area contributed by atoms with Crippen molar-refractivity contribution in [3.63, 3.8) is 0 Å². The Morgan fingerprint density at radius 3 is 2.80 bits per heavy atom. The van der Waals surface area contributed by atoms with Crippen molar-refractivity contribution in [2.45, 2.75) is 63.6 Å². The molecule has 1 aliphatic rings. The third kappa shape index (κ3) is 4.84. The first kappa shape index (κ1) is 17.6. The number of carbonyl (C=O) groups excluding carboxylic acids is 1. The van der Waals surface area contributed by atoms with Crippen molar-refractivity contribution in [3.8, 4) is 0 Å². The lowest BCUT2D eigenvalue weighted by Gasteiger charge is -2.41. The Bertz CT molecular complexity index is 280. The van der Waals surface area contributed by atoms with E-state index in [1.807, 2.05) is 0 Å². The second-order valence-electron chi connectivity index (χ2n) is 5.63. The minimum atomic E-state index is -0.531. The first-order chi connectivity index (χ1) is 9.70. The van der Waals surface area contributed by atoms with Gasteiger partial charge in [0.05, 0.1) is 33.9 Å². The molecule has 2 atom stereocenters. The summed E-state index contributed by atoms with van der Waals surface area (Å²) >= 11 is 0. The molecule has 0 N–H and O–H groups in total. The summed E-state index contributed by atoms with van der Waals surface area (Å²) in [4.78, 5) is 12.4. The fourth-order valence-corrected chi connectivity index (χ4v) is 4.78. The molecule has 0 aromatic rings. The van der Waals surface area contributed by atoms with Gasteiger partial charge in [-0.05, 0) is 38.5 Å². The van der Waals surface area contributed by atoms with E-state index in [4.69, 9.17) is 9.47 Å². The SMILES string of the molecule is CCCCOC(=O)C(CCCF)C1([SiH2]C)CCCCO1. The smallest absolute Gasteiger partial charge is 0.311 e. The predicted molar refractivity (Wildman–Crippen MR) is 81.5 cm³/mol. The van der Waals surface area contributed by atoms with E-state index < -0.39 is 9.52 Å². The van der Waals surface area contributed by atoms with Crippen LogP contribution in [0, 0.1) is 5.92 Å². The van der Waals surface area contributed by atoms with Gasteiger partial charge >= 0.3 is 5.97 Å². The molecule has 1 aliphatic heterocycles. The summed E-state index contributed by atoms with van der Waals surface area (Å²) in [7, 11) is -0.531. The first-order valence-electron chi connectivity index (χ1n) is 8.06. The number of carbonyl (C=O) groups is 1. The molecule has 1 fully saturated rings. The summed E-state index contributed by atoms with van der Waals surface area (Å²) < 4.78 is 24.0. The van der Waals surface area contributed by atoms with E-state index in [2.05, 4.69) is 13.5 Å². The Morgan fingerprint density at radius 1 is 1.45 bits per heavy atom. The monoisotopic (exact) mass is 304 g/mol. The lowest BCUT2D eigenvalue weighted by atomic mass is 9.90. The summed E-state index contributed by atoms with van der Waals surface area (Å²) in [5, 5.41) is -0.295. The van der Waals surface area contributed by atoms with E-state index in [9.17, 15) is 9.18 Å². The zero-order chi connectivity index (χ0) is 14.8. The van der Waals surface area contributed by atoms with Gasteiger partial charge in [-0.3, -0.25) is 9.18 Å². The Morgan fingerprint density at radius 2 is 2.25 bits per heavy atom. The van der Waals surface area contributed by atoms with Crippen LogP contribution in [0.15, 0.2) is 0 Å². The highest BCUT2D eigenvalue weighted by atomic mass is 28.2. The van der Waals surface area contributed by atoms with Crippen molar-refractivity contribution < 1.29 is 18.7 Å². The molecule has 1 saturated heterocycles. The lowest BCUT2D eigenvalue weighted by Crippen LogP contribution is -2.51. The number of alkyl halides is 1. The van der Waals surface area contributed by atoms with Gasteiger partial charge in [-0.2, -0.15) is 0 Å². The van der Waals surface area contributed by atoms with Crippen molar-refractivity contribution in [3.05, 3.63) is 0 Å². The van der Waals surface area contributed by atoms with Gasteiger partial charge in [0.2, 0.25) is 0 Å². The van der Waals surface area contributed by atoms with Crippen molar-refractivity contribution in [1.82, 2.24) is 0 Å². The minimum Gasteiger partial charge on any atom is -0.465 e. The molecule has 5 heteroatoms. The molecule has 0 radical (unpaired) electrons. The molecule has 0 aliphatic carbocycles. The molecule has 118 valence electrons. The van der Waals surface area contributed by atoms with E-state index in [1.165, 1.54) is 0 Å². The number of halogens is 1. The molecule has 0 bridgehead atoms. The number of ether oxygens (including phenoxy) is 2. The van der Waals surface area contributed by atoms with E-state index >= 15 is 0 Å². The molecular formula is C15H29FO3Si. The Kier molecular flexibility index (Phi) is 8.37. The fraction of sp³-hybridized carbons (Fsp3) is 0.933.